The molecule has 0 fully saturated rings. The molecule has 0 saturated heterocycles. The molecule has 156 valence electrons. The Labute approximate surface area is 171 Å². The Kier molecular flexibility index (Phi) is 9.41. The normalized spacial score (nSPS) is 11.4. The third-order valence-corrected chi connectivity index (χ3v) is 4.55. The van der Waals surface area contributed by atoms with Gasteiger partial charge in [0.15, 0.2) is 0 Å². The molecule has 2 N–H and O–H groups in total. The summed E-state index contributed by atoms with van der Waals surface area (Å²) in [4.78, 5) is 23.5. The number of carbonyl (C=O) groups excluding carboxylic acids is 2. The van der Waals surface area contributed by atoms with Crippen LogP contribution in [0, 0.1) is 0 Å². The number of aryl methyl sites for hydroxylation is 2. The van der Waals surface area contributed by atoms with Crippen molar-refractivity contribution in [3.63, 3.8) is 0 Å². The van der Waals surface area contributed by atoms with E-state index in [1.165, 1.54) is 0 Å². The van der Waals surface area contributed by atoms with Gasteiger partial charge in [0.25, 0.3) is 0 Å². The zero-order valence-electron chi connectivity index (χ0n) is 17.2. The molecule has 2 heterocycles. The van der Waals surface area contributed by atoms with Crippen molar-refractivity contribution < 1.29 is 9.59 Å². The number of hydrogen-bond donors (Lipinski definition) is 2. The van der Waals surface area contributed by atoms with Gasteiger partial charge in [0.05, 0.1) is 23.8 Å². The first-order valence-electron chi connectivity index (χ1n) is 9.93. The van der Waals surface area contributed by atoms with Crippen LogP contribution in [0.3, 0.4) is 0 Å². The molecule has 29 heavy (non-hydrogen) atoms. The van der Waals surface area contributed by atoms with Crippen LogP contribution in [0.5, 0.6) is 0 Å². The Morgan fingerprint density at radius 1 is 0.793 bits per heavy atom. The predicted octanol–water partition coefficient (Wildman–Crippen LogP) is 2.69. The quantitative estimate of drug-likeness (QED) is 0.327. The highest BCUT2D eigenvalue weighted by atomic mass is 16.2. The minimum atomic E-state index is -0.0779. The Morgan fingerprint density at radius 3 is 1.59 bits per heavy atom. The molecule has 0 unspecified atom stereocenters. The predicted molar refractivity (Wildman–Crippen MR) is 115 cm³/mol. The van der Waals surface area contributed by atoms with Crippen molar-refractivity contribution in [1.29, 1.82) is 0 Å². The van der Waals surface area contributed by atoms with Crippen LogP contribution in [0.25, 0.3) is 0 Å². The van der Waals surface area contributed by atoms with E-state index in [4.69, 9.17) is 0 Å². The lowest BCUT2D eigenvalue weighted by Gasteiger charge is -2.02. The van der Waals surface area contributed by atoms with Gasteiger partial charge in [0, 0.05) is 39.3 Å². The van der Waals surface area contributed by atoms with Crippen molar-refractivity contribution >= 4 is 24.2 Å². The molecule has 0 radical (unpaired) electrons. The van der Waals surface area contributed by atoms with Crippen molar-refractivity contribution in [3.05, 3.63) is 48.0 Å². The average Bonchev–Trinajstić information content (AvgIpc) is 3.29. The number of hydrogen-bond acceptors (Lipinski definition) is 4. The minimum Gasteiger partial charge on any atom is -0.350 e. The van der Waals surface area contributed by atoms with Crippen LogP contribution >= 0.6 is 0 Å². The number of rotatable bonds is 12. The van der Waals surface area contributed by atoms with Gasteiger partial charge in [-0.25, -0.2) is 10.9 Å². The van der Waals surface area contributed by atoms with Gasteiger partial charge in [0.2, 0.25) is 11.8 Å². The average molecular weight is 399 g/mol. The van der Waals surface area contributed by atoms with E-state index in [9.17, 15) is 9.59 Å². The summed E-state index contributed by atoms with van der Waals surface area (Å²) in [6.07, 6.45) is 12.6. The minimum absolute atomic E-state index is 0.0779. The van der Waals surface area contributed by atoms with Crippen molar-refractivity contribution in [1.82, 2.24) is 20.0 Å². The number of aromatic nitrogens is 2. The van der Waals surface area contributed by atoms with Gasteiger partial charge in [-0.1, -0.05) is 19.3 Å². The lowest BCUT2D eigenvalue weighted by Crippen LogP contribution is -2.17. The van der Waals surface area contributed by atoms with E-state index >= 15 is 0 Å². The summed E-state index contributed by atoms with van der Waals surface area (Å²) in [6, 6.07) is 7.69. The Morgan fingerprint density at radius 2 is 1.21 bits per heavy atom. The summed E-state index contributed by atoms with van der Waals surface area (Å²) >= 11 is 0. The van der Waals surface area contributed by atoms with E-state index in [1.807, 2.05) is 59.9 Å². The zero-order valence-corrected chi connectivity index (χ0v) is 17.2. The highest BCUT2D eigenvalue weighted by molar-refractivity contribution is 5.81. The summed E-state index contributed by atoms with van der Waals surface area (Å²) in [7, 11) is 3.84. The van der Waals surface area contributed by atoms with Crippen LogP contribution in [0.4, 0.5) is 0 Å². The van der Waals surface area contributed by atoms with Crippen LogP contribution in [-0.2, 0) is 23.7 Å². The molecule has 0 atom stereocenters. The fourth-order valence-corrected chi connectivity index (χ4v) is 2.77. The third kappa shape index (κ3) is 8.59. The smallest absolute Gasteiger partial charge is 0.240 e. The van der Waals surface area contributed by atoms with Crippen LogP contribution in [0.15, 0.2) is 46.9 Å². The first kappa shape index (κ1) is 22.1. The van der Waals surface area contributed by atoms with Crippen LogP contribution in [0.2, 0.25) is 0 Å². The van der Waals surface area contributed by atoms with Gasteiger partial charge in [0.1, 0.15) is 0 Å². The summed E-state index contributed by atoms with van der Waals surface area (Å²) in [5, 5.41) is 7.93. The van der Waals surface area contributed by atoms with Crippen molar-refractivity contribution in [2.45, 2.75) is 44.9 Å². The summed E-state index contributed by atoms with van der Waals surface area (Å²) in [5.74, 6) is -0.156. The Balaban J connectivity index is 1.45. The molecule has 0 bridgehead atoms. The molecule has 8 heteroatoms. The molecule has 2 rings (SSSR count). The lowest BCUT2D eigenvalue weighted by molar-refractivity contribution is -0.121. The number of nitrogens with zero attached hydrogens (tertiary/aromatic N) is 4. The zero-order chi connectivity index (χ0) is 20.9. The summed E-state index contributed by atoms with van der Waals surface area (Å²) in [6.45, 7) is 0. The number of carbonyl (C=O) groups is 2. The van der Waals surface area contributed by atoms with Gasteiger partial charge >= 0.3 is 0 Å². The van der Waals surface area contributed by atoms with Gasteiger partial charge in [-0.15, -0.1) is 0 Å². The summed E-state index contributed by atoms with van der Waals surface area (Å²) < 4.78 is 3.84. The molecule has 2 aromatic heterocycles. The number of amides is 2. The topological polar surface area (TPSA) is 92.8 Å². The molecule has 2 aromatic rings. The highest BCUT2D eigenvalue weighted by Gasteiger charge is 2.02. The maximum atomic E-state index is 11.7. The fourth-order valence-electron chi connectivity index (χ4n) is 2.77. The molecule has 0 aliphatic rings. The second kappa shape index (κ2) is 12.3. The maximum absolute atomic E-state index is 11.7. The van der Waals surface area contributed by atoms with E-state index in [1.54, 1.807) is 12.4 Å². The van der Waals surface area contributed by atoms with E-state index in [0.717, 1.165) is 43.5 Å². The maximum Gasteiger partial charge on any atom is 0.240 e. The Hall–Kier alpha value is -3.16. The van der Waals surface area contributed by atoms with Crippen LogP contribution in [0.1, 0.15) is 56.3 Å². The summed E-state index contributed by atoms with van der Waals surface area (Å²) in [5.41, 5.74) is 6.96. The number of hydrazone groups is 2. The second-order valence-electron chi connectivity index (χ2n) is 6.94. The van der Waals surface area contributed by atoms with Crippen LogP contribution in [-0.4, -0.2) is 33.4 Å². The largest absolute Gasteiger partial charge is 0.350 e. The van der Waals surface area contributed by atoms with Gasteiger partial charge in [-0.2, -0.15) is 10.2 Å². The van der Waals surface area contributed by atoms with E-state index in [2.05, 4.69) is 21.1 Å². The molecule has 8 nitrogen and oxygen atoms in total. The first-order chi connectivity index (χ1) is 14.1. The fraction of sp³-hybridized carbons (Fsp3) is 0.429. The number of nitrogens with one attached hydrogen (secondary N) is 2. The molecular weight excluding hydrogens is 368 g/mol. The standard InChI is InChI=1S/C21H30N6O2/c1-26-14-8-10-18(26)16-22-24-20(28)12-6-4-3-5-7-13-21(29)25-23-17-19-11-9-15-27(19)2/h8-11,14-17H,3-7,12-13H2,1-2H3,(H,24,28)(H,25,29)/b22-16+,23-17+. The molecule has 2 amide bonds. The van der Waals surface area contributed by atoms with Gasteiger partial charge < -0.3 is 9.13 Å². The van der Waals surface area contributed by atoms with Crippen LogP contribution < -0.4 is 10.9 Å². The molecule has 0 aliphatic carbocycles. The van der Waals surface area contributed by atoms with Crippen molar-refractivity contribution in [2.24, 2.45) is 24.3 Å². The molecule has 0 spiro atoms. The van der Waals surface area contributed by atoms with Crippen molar-refractivity contribution in [3.8, 4) is 0 Å². The Bertz CT molecular complexity index is 766. The van der Waals surface area contributed by atoms with Gasteiger partial charge in [-0.05, 0) is 37.1 Å². The second-order valence-corrected chi connectivity index (χ2v) is 6.94. The molecular formula is C21H30N6O2. The van der Waals surface area contributed by atoms with E-state index in [-0.39, 0.29) is 11.8 Å². The third-order valence-electron chi connectivity index (χ3n) is 4.55. The molecule has 0 aromatic carbocycles. The van der Waals surface area contributed by atoms with Gasteiger partial charge in [-0.3, -0.25) is 9.59 Å². The highest BCUT2D eigenvalue weighted by Crippen LogP contribution is 2.07. The van der Waals surface area contributed by atoms with E-state index in [0.29, 0.717) is 12.8 Å². The first-order valence-corrected chi connectivity index (χ1v) is 9.93. The monoisotopic (exact) mass is 398 g/mol. The SMILES string of the molecule is Cn1cccc1/C=N/NC(=O)CCCCCCCC(=O)N/N=C/c1cccn1C. The number of unbranched alkanes of at least 4 members (excludes halogenated alkanes) is 4. The van der Waals surface area contributed by atoms with Crippen molar-refractivity contribution in [2.75, 3.05) is 0 Å². The molecule has 0 saturated carbocycles. The lowest BCUT2D eigenvalue weighted by atomic mass is 10.1. The van der Waals surface area contributed by atoms with E-state index < -0.39 is 0 Å². The molecule has 0 aliphatic heterocycles.